The first-order valence-electron chi connectivity index (χ1n) is 9.00. The van der Waals surface area contributed by atoms with Crippen LogP contribution in [0.25, 0.3) is 11.0 Å². The standard InChI is InChI=1S/C20H17F2NO4S/c21-15-2-1-3-17(18(15)22)28(24,25)12-4-5-13-14-6-8-23-20(7-9-26-11-20)19(14)27-16(13)10-12/h1-5,10,23H,6-9,11H2. The number of furan rings is 1. The molecular formula is C20H17F2NO4S. The van der Waals surface area contributed by atoms with Crippen molar-refractivity contribution >= 4 is 20.8 Å². The molecule has 0 saturated carbocycles. The van der Waals surface area contributed by atoms with Crippen molar-refractivity contribution in [3.05, 3.63) is 59.4 Å². The van der Waals surface area contributed by atoms with E-state index in [1.165, 1.54) is 18.2 Å². The van der Waals surface area contributed by atoms with Gasteiger partial charge < -0.3 is 14.5 Å². The number of ether oxygens (including phenoxy) is 1. The molecule has 2 aliphatic heterocycles. The van der Waals surface area contributed by atoms with Gasteiger partial charge in [0, 0.05) is 30.2 Å². The Bertz CT molecular complexity index is 1200. The maximum Gasteiger partial charge on any atom is 0.209 e. The average Bonchev–Trinajstić information content (AvgIpc) is 3.29. The normalized spacial score (nSPS) is 22.1. The molecule has 1 spiro atoms. The van der Waals surface area contributed by atoms with Crippen LogP contribution in [0.15, 0.2) is 50.6 Å². The van der Waals surface area contributed by atoms with Crippen LogP contribution in [0.2, 0.25) is 0 Å². The summed E-state index contributed by atoms with van der Waals surface area (Å²) in [5.74, 6) is -1.81. The third kappa shape index (κ3) is 2.45. The van der Waals surface area contributed by atoms with Crippen LogP contribution in [0.4, 0.5) is 8.78 Å². The van der Waals surface area contributed by atoms with Crippen molar-refractivity contribution in [3.63, 3.8) is 0 Å². The predicted molar refractivity (Wildman–Crippen MR) is 96.8 cm³/mol. The van der Waals surface area contributed by atoms with E-state index >= 15 is 0 Å². The Balaban J connectivity index is 1.66. The summed E-state index contributed by atoms with van der Waals surface area (Å²) in [5.41, 5.74) is 1.07. The van der Waals surface area contributed by atoms with E-state index in [-0.39, 0.29) is 10.4 Å². The van der Waals surface area contributed by atoms with Crippen molar-refractivity contribution in [3.8, 4) is 0 Å². The van der Waals surface area contributed by atoms with Crippen molar-refractivity contribution < 1.29 is 26.4 Å². The Labute approximate surface area is 160 Å². The van der Waals surface area contributed by atoms with Gasteiger partial charge in [-0.25, -0.2) is 17.2 Å². The lowest BCUT2D eigenvalue weighted by molar-refractivity contribution is 0.153. The van der Waals surface area contributed by atoms with Crippen LogP contribution in [0, 0.1) is 11.6 Å². The number of sulfone groups is 1. The highest BCUT2D eigenvalue weighted by Gasteiger charge is 2.44. The Morgan fingerprint density at radius 3 is 2.79 bits per heavy atom. The molecule has 8 heteroatoms. The molecular weight excluding hydrogens is 388 g/mol. The van der Waals surface area contributed by atoms with Crippen LogP contribution in [0.5, 0.6) is 0 Å². The van der Waals surface area contributed by atoms with Crippen LogP contribution in [0.1, 0.15) is 17.7 Å². The second kappa shape index (κ2) is 6.10. The fourth-order valence-electron chi connectivity index (χ4n) is 4.14. The summed E-state index contributed by atoms with van der Waals surface area (Å²) in [7, 11) is -4.23. The van der Waals surface area contributed by atoms with Gasteiger partial charge in [0.1, 0.15) is 21.8 Å². The van der Waals surface area contributed by atoms with Crippen molar-refractivity contribution in [2.45, 2.75) is 28.2 Å². The zero-order valence-electron chi connectivity index (χ0n) is 14.8. The molecule has 3 aromatic rings. The number of benzene rings is 2. The molecule has 0 aliphatic carbocycles. The van der Waals surface area contributed by atoms with E-state index in [0.717, 1.165) is 48.2 Å². The van der Waals surface area contributed by atoms with Gasteiger partial charge in [-0.3, -0.25) is 0 Å². The number of fused-ring (bicyclic) bond motifs is 4. The molecule has 0 bridgehead atoms. The van der Waals surface area contributed by atoms with Crippen LogP contribution in [0.3, 0.4) is 0 Å². The van der Waals surface area contributed by atoms with Crippen molar-refractivity contribution in [1.82, 2.24) is 5.32 Å². The fraction of sp³-hybridized carbons (Fsp3) is 0.300. The number of rotatable bonds is 2. The Morgan fingerprint density at radius 1 is 1.14 bits per heavy atom. The van der Waals surface area contributed by atoms with Crippen LogP contribution >= 0.6 is 0 Å². The Hall–Kier alpha value is -2.29. The van der Waals surface area contributed by atoms with Crippen molar-refractivity contribution in [1.29, 1.82) is 0 Å². The molecule has 146 valence electrons. The first kappa shape index (κ1) is 17.8. The van der Waals surface area contributed by atoms with Crippen LogP contribution in [-0.4, -0.2) is 28.2 Å². The number of hydrogen-bond donors (Lipinski definition) is 1. The summed E-state index contributed by atoms with van der Waals surface area (Å²) in [5, 5.41) is 4.30. The first-order valence-corrected chi connectivity index (χ1v) is 10.5. The minimum absolute atomic E-state index is 0.139. The summed E-state index contributed by atoms with van der Waals surface area (Å²) in [4.78, 5) is -0.828. The van der Waals surface area contributed by atoms with Gasteiger partial charge in [0.05, 0.1) is 11.5 Å². The summed E-state index contributed by atoms with van der Waals surface area (Å²) in [6.07, 6.45) is 1.54. The average molecular weight is 405 g/mol. The molecule has 1 aromatic heterocycles. The van der Waals surface area contributed by atoms with E-state index in [9.17, 15) is 17.2 Å². The third-order valence-electron chi connectivity index (χ3n) is 5.57. The van der Waals surface area contributed by atoms with Crippen molar-refractivity contribution in [2.24, 2.45) is 0 Å². The molecule has 2 aliphatic rings. The van der Waals surface area contributed by atoms with Gasteiger partial charge in [0.25, 0.3) is 0 Å². The molecule has 1 fully saturated rings. The van der Waals surface area contributed by atoms with Gasteiger partial charge in [0.15, 0.2) is 11.6 Å². The monoisotopic (exact) mass is 405 g/mol. The van der Waals surface area contributed by atoms with E-state index in [1.54, 1.807) is 6.07 Å². The minimum Gasteiger partial charge on any atom is -0.459 e. The molecule has 0 amide bonds. The fourth-order valence-corrected chi connectivity index (χ4v) is 5.50. The maximum absolute atomic E-state index is 14.1. The predicted octanol–water partition coefficient (Wildman–Crippen LogP) is 3.31. The molecule has 0 radical (unpaired) electrons. The molecule has 2 aromatic carbocycles. The topological polar surface area (TPSA) is 68.5 Å². The lowest BCUT2D eigenvalue weighted by Crippen LogP contribution is -2.47. The van der Waals surface area contributed by atoms with Gasteiger partial charge >= 0.3 is 0 Å². The van der Waals surface area contributed by atoms with Gasteiger partial charge in [-0.2, -0.15) is 0 Å². The Morgan fingerprint density at radius 2 is 2.00 bits per heavy atom. The molecule has 1 unspecified atom stereocenters. The maximum atomic E-state index is 14.1. The number of nitrogens with one attached hydrogen (secondary N) is 1. The largest absolute Gasteiger partial charge is 0.459 e. The highest BCUT2D eigenvalue weighted by molar-refractivity contribution is 7.91. The molecule has 5 rings (SSSR count). The second-order valence-electron chi connectivity index (χ2n) is 7.18. The highest BCUT2D eigenvalue weighted by atomic mass is 32.2. The molecule has 1 atom stereocenters. The van der Waals surface area contributed by atoms with Gasteiger partial charge in [-0.15, -0.1) is 0 Å². The molecule has 1 saturated heterocycles. The summed E-state index contributed by atoms with van der Waals surface area (Å²) in [6.45, 7) is 1.90. The zero-order chi connectivity index (χ0) is 19.5. The second-order valence-corrected chi connectivity index (χ2v) is 9.10. The van der Waals surface area contributed by atoms with Gasteiger partial charge in [-0.05, 0) is 37.1 Å². The minimum atomic E-state index is -4.23. The van der Waals surface area contributed by atoms with Gasteiger partial charge in [0.2, 0.25) is 9.84 Å². The Kier molecular flexibility index (Phi) is 3.88. The van der Waals surface area contributed by atoms with E-state index < -0.39 is 26.4 Å². The molecule has 5 nitrogen and oxygen atoms in total. The van der Waals surface area contributed by atoms with E-state index in [4.69, 9.17) is 9.15 Å². The quantitative estimate of drug-likeness (QED) is 0.709. The van der Waals surface area contributed by atoms with E-state index in [2.05, 4.69) is 5.32 Å². The molecule has 28 heavy (non-hydrogen) atoms. The number of hydrogen-bond acceptors (Lipinski definition) is 5. The zero-order valence-corrected chi connectivity index (χ0v) is 15.6. The summed E-state index contributed by atoms with van der Waals surface area (Å²) in [6, 6.07) is 7.59. The van der Waals surface area contributed by atoms with Crippen LogP contribution < -0.4 is 5.32 Å². The van der Waals surface area contributed by atoms with Crippen LogP contribution in [-0.2, 0) is 26.5 Å². The highest BCUT2D eigenvalue weighted by Crippen LogP contribution is 2.41. The first-order chi connectivity index (χ1) is 13.4. The number of halogens is 2. The van der Waals surface area contributed by atoms with Crippen molar-refractivity contribution in [2.75, 3.05) is 19.8 Å². The lowest BCUT2D eigenvalue weighted by atomic mass is 9.87. The lowest BCUT2D eigenvalue weighted by Gasteiger charge is -2.31. The summed E-state index contributed by atoms with van der Waals surface area (Å²) >= 11 is 0. The smallest absolute Gasteiger partial charge is 0.209 e. The summed E-state index contributed by atoms with van der Waals surface area (Å²) < 4.78 is 65.0. The third-order valence-corrected chi connectivity index (χ3v) is 7.34. The van der Waals surface area contributed by atoms with E-state index in [0.29, 0.717) is 18.8 Å². The van der Waals surface area contributed by atoms with Gasteiger partial charge in [-0.1, -0.05) is 6.07 Å². The SMILES string of the molecule is O=S(=O)(c1ccc2c3c(oc2c1)C1(CCOC1)NCC3)c1cccc(F)c1F. The molecule has 1 N–H and O–H groups in total. The molecule has 3 heterocycles. The van der Waals surface area contributed by atoms with E-state index in [1.807, 2.05) is 0 Å².